The highest BCUT2D eigenvalue weighted by atomic mass is 79.9. The highest BCUT2D eigenvalue weighted by molar-refractivity contribution is 9.11. The Bertz CT molecular complexity index is 658. The van der Waals surface area contributed by atoms with Gasteiger partial charge in [0.1, 0.15) is 6.04 Å². The van der Waals surface area contributed by atoms with Gasteiger partial charge in [-0.2, -0.15) is 0 Å². The van der Waals surface area contributed by atoms with E-state index in [1.165, 1.54) is 0 Å². The van der Waals surface area contributed by atoms with Gasteiger partial charge in [0.25, 0.3) is 5.91 Å². The second-order valence-electron chi connectivity index (χ2n) is 4.28. The molecule has 0 fully saturated rings. The topological polar surface area (TPSA) is 41.1 Å². The van der Waals surface area contributed by atoms with Crippen molar-refractivity contribution in [1.29, 1.82) is 0 Å². The van der Waals surface area contributed by atoms with E-state index < -0.39 is 0 Å². The van der Waals surface area contributed by atoms with Crippen LogP contribution in [0.4, 0.5) is 11.4 Å². The molecule has 2 aromatic rings. The predicted molar refractivity (Wildman–Crippen MR) is 83.3 cm³/mol. The van der Waals surface area contributed by atoms with Gasteiger partial charge in [0, 0.05) is 25.9 Å². The molecule has 0 radical (unpaired) electrons. The number of carbonyl (C=O) groups excluding carboxylic acids is 1. The lowest BCUT2D eigenvalue weighted by Gasteiger charge is -2.14. The zero-order chi connectivity index (χ0) is 13.4. The minimum absolute atomic E-state index is 0.0315. The van der Waals surface area contributed by atoms with Gasteiger partial charge < -0.3 is 10.6 Å². The second kappa shape index (κ2) is 4.98. The second-order valence-corrected chi connectivity index (χ2v) is 6.05. The van der Waals surface area contributed by atoms with Gasteiger partial charge in [0.15, 0.2) is 0 Å². The molecule has 0 saturated heterocycles. The van der Waals surface area contributed by atoms with Gasteiger partial charge >= 0.3 is 0 Å². The average Bonchev–Trinajstić information content (AvgIpc) is 2.69. The number of carbonyl (C=O) groups is 1. The van der Waals surface area contributed by atoms with Gasteiger partial charge in [-0.25, -0.2) is 0 Å². The molecule has 2 N–H and O–H groups in total. The Morgan fingerprint density at radius 3 is 2.68 bits per heavy atom. The van der Waals surface area contributed by atoms with E-state index in [2.05, 4.69) is 42.5 Å². The molecular weight excluding hydrogens is 372 g/mol. The maximum absolute atomic E-state index is 12.0. The van der Waals surface area contributed by atoms with E-state index in [0.717, 1.165) is 25.9 Å². The predicted octanol–water partition coefficient (Wildman–Crippen LogP) is 4.32. The van der Waals surface area contributed by atoms with Crippen LogP contribution in [-0.2, 0) is 4.79 Å². The third-order valence-electron chi connectivity index (χ3n) is 3.02. The zero-order valence-corrected chi connectivity index (χ0v) is 13.0. The Hall–Kier alpha value is -1.33. The highest BCUT2D eigenvalue weighted by Crippen LogP contribution is 2.35. The molecule has 2 aromatic carbocycles. The Morgan fingerprint density at radius 1 is 1.11 bits per heavy atom. The van der Waals surface area contributed by atoms with Crippen molar-refractivity contribution in [3.63, 3.8) is 0 Å². The highest BCUT2D eigenvalue weighted by Gasteiger charge is 2.30. The molecule has 1 heterocycles. The van der Waals surface area contributed by atoms with Crippen molar-refractivity contribution in [3.8, 4) is 0 Å². The Kier molecular flexibility index (Phi) is 3.33. The standard InChI is InChI=1S/C14H10Br2N2O/c15-8-5-6-12(10(16)7-8)17-13-9-3-1-2-4-11(9)18-14(13)19/h1-7,13,17H,(H,18,19). The fourth-order valence-corrected chi connectivity index (χ4v) is 3.28. The first kappa shape index (κ1) is 12.7. The molecule has 0 bridgehead atoms. The maximum atomic E-state index is 12.0. The first-order valence-corrected chi connectivity index (χ1v) is 7.35. The molecule has 0 spiro atoms. The summed E-state index contributed by atoms with van der Waals surface area (Å²) in [6, 6.07) is 13.2. The number of para-hydroxylation sites is 1. The zero-order valence-electron chi connectivity index (χ0n) is 9.78. The van der Waals surface area contributed by atoms with Gasteiger partial charge in [-0.1, -0.05) is 34.1 Å². The molecule has 0 aliphatic carbocycles. The average molecular weight is 382 g/mol. The molecule has 5 heteroatoms. The molecule has 0 aromatic heterocycles. The number of anilines is 2. The maximum Gasteiger partial charge on any atom is 0.251 e. The lowest BCUT2D eigenvalue weighted by Crippen LogP contribution is -2.19. The van der Waals surface area contributed by atoms with Crippen LogP contribution in [0, 0.1) is 0 Å². The SMILES string of the molecule is O=C1Nc2ccccc2C1Nc1ccc(Br)cc1Br. The van der Waals surface area contributed by atoms with E-state index in [0.29, 0.717) is 0 Å². The van der Waals surface area contributed by atoms with Crippen LogP contribution in [0.2, 0.25) is 0 Å². The van der Waals surface area contributed by atoms with Crippen LogP contribution in [0.3, 0.4) is 0 Å². The van der Waals surface area contributed by atoms with Gasteiger partial charge in [-0.15, -0.1) is 0 Å². The number of hydrogen-bond donors (Lipinski definition) is 2. The monoisotopic (exact) mass is 380 g/mol. The van der Waals surface area contributed by atoms with Crippen molar-refractivity contribution in [2.24, 2.45) is 0 Å². The van der Waals surface area contributed by atoms with Crippen LogP contribution in [0.1, 0.15) is 11.6 Å². The molecule has 1 atom stereocenters. The summed E-state index contributed by atoms with van der Waals surface area (Å²) in [6.45, 7) is 0. The number of amides is 1. The Morgan fingerprint density at radius 2 is 1.89 bits per heavy atom. The summed E-state index contributed by atoms with van der Waals surface area (Å²) in [5.41, 5.74) is 2.74. The summed E-state index contributed by atoms with van der Waals surface area (Å²) in [7, 11) is 0. The third kappa shape index (κ3) is 2.40. The number of fused-ring (bicyclic) bond motifs is 1. The van der Waals surface area contributed by atoms with Crippen LogP contribution < -0.4 is 10.6 Å². The van der Waals surface area contributed by atoms with Crippen molar-refractivity contribution < 1.29 is 4.79 Å². The van der Waals surface area contributed by atoms with Crippen LogP contribution in [0.15, 0.2) is 51.4 Å². The van der Waals surface area contributed by atoms with E-state index >= 15 is 0 Å². The molecule has 19 heavy (non-hydrogen) atoms. The fraction of sp³-hybridized carbons (Fsp3) is 0.0714. The lowest BCUT2D eigenvalue weighted by atomic mass is 10.1. The quantitative estimate of drug-likeness (QED) is 0.813. The first-order chi connectivity index (χ1) is 9.15. The molecule has 1 unspecified atom stereocenters. The Balaban J connectivity index is 1.93. The number of benzene rings is 2. The molecular formula is C14H10Br2N2O. The minimum Gasteiger partial charge on any atom is -0.369 e. The first-order valence-electron chi connectivity index (χ1n) is 5.76. The van der Waals surface area contributed by atoms with E-state index in [1.54, 1.807) is 0 Å². The van der Waals surface area contributed by atoms with Crippen LogP contribution in [0.25, 0.3) is 0 Å². The van der Waals surface area contributed by atoms with Crippen LogP contribution >= 0.6 is 31.9 Å². The normalized spacial score (nSPS) is 16.9. The van der Waals surface area contributed by atoms with Crippen molar-refractivity contribution >= 4 is 49.1 Å². The van der Waals surface area contributed by atoms with E-state index in [-0.39, 0.29) is 11.9 Å². The summed E-state index contributed by atoms with van der Waals surface area (Å²) in [5.74, 6) is -0.0315. The van der Waals surface area contributed by atoms with Crippen molar-refractivity contribution in [2.75, 3.05) is 10.6 Å². The van der Waals surface area contributed by atoms with E-state index in [4.69, 9.17) is 0 Å². The fourth-order valence-electron chi connectivity index (χ4n) is 2.11. The summed E-state index contributed by atoms with van der Waals surface area (Å²) in [6.07, 6.45) is 0. The minimum atomic E-state index is -0.353. The summed E-state index contributed by atoms with van der Waals surface area (Å²) in [5, 5.41) is 6.14. The molecule has 3 rings (SSSR count). The molecule has 1 amide bonds. The van der Waals surface area contributed by atoms with Crippen molar-refractivity contribution in [1.82, 2.24) is 0 Å². The smallest absolute Gasteiger partial charge is 0.251 e. The summed E-state index contributed by atoms with van der Waals surface area (Å²) >= 11 is 6.90. The van der Waals surface area contributed by atoms with E-state index in [9.17, 15) is 4.79 Å². The molecule has 3 nitrogen and oxygen atoms in total. The van der Waals surface area contributed by atoms with Crippen LogP contribution in [-0.4, -0.2) is 5.91 Å². The number of hydrogen-bond acceptors (Lipinski definition) is 2. The van der Waals surface area contributed by atoms with Crippen molar-refractivity contribution in [3.05, 3.63) is 57.0 Å². The molecule has 1 aliphatic heterocycles. The van der Waals surface area contributed by atoms with Gasteiger partial charge in [-0.3, -0.25) is 4.79 Å². The largest absolute Gasteiger partial charge is 0.369 e. The summed E-state index contributed by atoms with van der Waals surface area (Å²) in [4.78, 5) is 12.0. The number of nitrogens with one attached hydrogen (secondary N) is 2. The molecule has 1 aliphatic rings. The number of rotatable bonds is 2. The van der Waals surface area contributed by atoms with E-state index in [1.807, 2.05) is 42.5 Å². The Labute approximate surface area is 127 Å². The molecule has 96 valence electrons. The lowest BCUT2D eigenvalue weighted by molar-refractivity contribution is -0.116. The van der Waals surface area contributed by atoms with Gasteiger partial charge in [-0.05, 0) is 40.2 Å². The third-order valence-corrected chi connectivity index (χ3v) is 4.17. The number of halogens is 2. The van der Waals surface area contributed by atoms with Crippen molar-refractivity contribution in [2.45, 2.75) is 6.04 Å². The van der Waals surface area contributed by atoms with Gasteiger partial charge in [0.2, 0.25) is 0 Å². The summed E-state index contributed by atoms with van der Waals surface area (Å²) < 4.78 is 1.90. The van der Waals surface area contributed by atoms with Gasteiger partial charge in [0.05, 0.1) is 0 Å². The van der Waals surface area contributed by atoms with Crippen LogP contribution in [0.5, 0.6) is 0 Å². The molecule has 0 saturated carbocycles.